The second kappa shape index (κ2) is 6.90. The molecule has 1 unspecified atom stereocenters. The molecule has 112 valence electrons. The van der Waals surface area contributed by atoms with Gasteiger partial charge in [0.25, 0.3) is 0 Å². The second-order valence-electron chi connectivity index (χ2n) is 4.63. The minimum absolute atomic E-state index is 0.201. The zero-order chi connectivity index (χ0) is 14.5. The predicted molar refractivity (Wildman–Crippen MR) is 79.3 cm³/mol. The van der Waals surface area contributed by atoms with Crippen LogP contribution in [0.15, 0.2) is 0 Å². The first-order valence-corrected chi connectivity index (χ1v) is 7.73. The maximum atomic E-state index is 12.0. The lowest BCUT2D eigenvalue weighted by atomic mass is 10.1. The summed E-state index contributed by atoms with van der Waals surface area (Å²) in [6, 6.07) is 0. The molecule has 0 amide bonds. The number of esters is 1. The van der Waals surface area contributed by atoms with Gasteiger partial charge >= 0.3 is 5.97 Å². The Morgan fingerprint density at radius 2 is 2.30 bits per heavy atom. The van der Waals surface area contributed by atoms with Gasteiger partial charge in [-0.05, 0) is 38.2 Å². The number of carbonyl (C=O) groups excluding carboxylic acids is 1. The van der Waals surface area contributed by atoms with Gasteiger partial charge in [-0.1, -0.05) is 0 Å². The maximum absolute atomic E-state index is 12.0. The van der Waals surface area contributed by atoms with Gasteiger partial charge in [0.15, 0.2) is 5.82 Å². The summed E-state index contributed by atoms with van der Waals surface area (Å²) in [5.74, 6) is -0.144. The van der Waals surface area contributed by atoms with Crippen molar-refractivity contribution in [1.82, 2.24) is 4.37 Å². The molecule has 1 aromatic rings. The summed E-state index contributed by atoms with van der Waals surface area (Å²) in [6.07, 6.45) is 2.28. The third-order valence-corrected chi connectivity index (χ3v) is 4.17. The number of rotatable bonds is 5. The molecule has 1 aliphatic heterocycles. The number of carbonyl (C=O) groups is 1. The van der Waals surface area contributed by atoms with Crippen LogP contribution < -0.4 is 10.6 Å². The summed E-state index contributed by atoms with van der Waals surface area (Å²) >= 11 is 1.25. The van der Waals surface area contributed by atoms with Crippen LogP contribution in [0.5, 0.6) is 0 Å². The number of nitrogens with two attached hydrogens (primary N) is 1. The summed E-state index contributed by atoms with van der Waals surface area (Å²) in [4.78, 5) is 14.1. The fourth-order valence-corrected chi connectivity index (χ4v) is 3.24. The van der Waals surface area contributed by atoms with E-state index in [9.17, 15) is 4.79 Å². The first-order valence-electron chi connectivity index (χ1n) is 6.96. The quantitative estimate of drug-likeness (QED) is 0.837. The van der Waals surface area contributed by atoms with Gasteiger partial charge in [0.05, 0.1) is 12.7 Å². The van der Waals surface area contributed by atoms with E-state index < -0.39 is 5.97 Å². The molecule has 1 saturated heterocycles. The number of nitrogens with zero attached hydrogens (tertiary/aromatic N) is 2. The van der Waals surface area contributed by atoms with Crippen LogP contribution in [0.4, 0.5) is 10.8 Å². The van der Waals surface area contributed by atoms with E-state index in [1.54, 1.807) is 6.92 Å². The van der Waals surface area contributed by atoms with Crippen LogP contribution in [-0.2, 0) is 9.47 Å². The minimum atomic E-state index is -0.396. The van der Waals surface area contributed by atoms with Crippen LogP contribution >= 0.6 is 11.5 Å². The SMILES string of the molecule is CCOC(=O)c1c(N)nsc1N1CCCC(OCC)C1. The first kappa shape index (κ1) is 15.1. The fourth-order valence-electron chi connectivity index (χ4n) is 2.40. The minimum Gasteiger partial charge on any atom is -0.462 e. The monoisotopic (exact) mass is 299 g/mol. The van der Waals surface area contributed by atoms with Gasteiger partial charge in [0.2, 0.25) is 0 Å². The Bertz CT molecular complexity index is 462. The number of piperidine rings is 1. The van der Waals surface area contributed by atoms with E-state index in [-0.39, 0.29) is 11.9 Å². The highest BCUT2D eigenvalue weighted by Gasteiger charge is 2.28. The van der Waals surface area contributed by atoms with E-state index in [0.717, 1.165) is 30.9 Å². The van der Waals surface area contributed by atoms with Crippen LogP contribution in [0.1, 0.15) is 37.0 Å². The lowest BCUT2D eigenvalue weighted by Crippen LogP contribution is -2.40. The van der Waals surface area contributed by atoms with Crippen LogP contribution in [0.25, 0.3) is 0 Å². The van der Waals surface area contributed by atoms with E-state index in [1.165, 1.54) is 11.5 Å². The standard InChI is InChI=1S/C13H21N3O3S/c1-3-18-9-6-5-7-16(8-9)12-10(11(14)15-20-12)13(17)19-4-2/h9H,3-8H2,1-2H3,(H2,14,15). The second-order valence-corrected chi connectivity index (χ2v) is 5.39. The van der Waals surface area contributed by atoms with Gasteiger partial charge in [-0.15, -0.1) is 0 Å². The van der Waals surface area contributed by atoms with E-state index in [0.29, 0.717) is 18.8 Å². The van der Waals surface area contributed by atoms with Crippen molar-refractivity contribution in [3.05, 3.63) is 5.56 Å². The van der Waals surface area contributed by atoms with Crippen LogP contribution in [0, 0.1) is 0 Å². The van der Waals surface area contributed by atoms with Crippen LogP contribution in [0.3, 0.4) is 0 Å². The number of anilines is 2. The first-order chi connectivity index (χ1) is 9.67. The zero-order valence-electron chi connectivity index (χ0n) is 11.9. The molecular formula is C13H21N3O3S. The number of aromatic nitrogens is 1. The lowest BCUT2D eigenvalue weighted by Gasteiger charge is -2.33. The molecule has 1 aliphatic rings. The molecular weight excluding hydrogens is 278 g/mol. The Morgan fingerprint density at radius 3 is 3.00 bits per heavy atom. The number of nitrogen functional groups attached to an aromatic ring is 1. The molecule has 7 heteroatoms. The van der Waals surface area contributed by atoms with E-state index in [4.69, 9.17) is 15.2 Å². The van der Waals surface area contributed by atoms with Gasteiger partial charge in [-0.2, -0.15) is 4.37 Å². The van der Waals surface area contributed by atoms with Gasteiger partial charge < -0.3 is 20.1 Å². The molecule has 2 heterocycles. The average molecular weight is 299 g/mol. The van der Waals surface area contributed by atoms with E-state index in [2.05, 4.69) is 9.27 Å². The van der Waals surface area contributed by atoms with Crippen LogP contribution in [-0.4, -0.2) is 42.8 Å². The predicted octanol–water partition coefficient (Wildman–Crippen LogP) is 1.91. The Labute approximate surface area is 123 Å². The molecule has 1 fully saturated rings. The van der Waals surface area contributed by atoms with Gasteiger partial charge in [0.1, 0.15) is 10.6 Å². The van der Waals surface area contributed by atoms with Crippen molar-refractivity contribution in [3.63, 3.8) is 0 Å². The molecule has 0 saturated carbocycles. The third-order valence-electron chi connectivity index (χ3n) is 3.25. The van der Waals surface area contributed by atoms with Crippen molar-refractivity contribution in [2.75, 3.05) is 36.9 Å². The molecule has 6 nitrogen and oxygen atoms in total. The Balaban J connectivity index is 2.17. The summed E-state index contributed by atoms with van der Waals surface area (Å²) in [5.41, 5.74) is 6.21. The van der Waals surface area contributed by atoms with Crippen molar-refractivity contribution in [3.8, 4) is 0 Å². The molecule has 20 heavy (non-hydrogen) atoms. The molecule has 2 rings (SSSR count). The molecule has 0 spiro atoms. The highest BCUT2D eigenvalue weighted by Crippen LogP contribution is 2.33. The molecule has 0 bridgehead atoms. The summed E-state index contributed by atoms with van der Waals surface area (Å²) in [7, 11) is 0. The van der Waals surface area contributed by atoms with Gasteiger partial charge in [-0.25, -0.2) is 4.79 Å². The highest BCUT2D eigenvalue weighted by atomic mass is 32.1. The third kappa shape index (κ3) is 3.21. The molecule has 2 N–H and O–H groups in total. The lowest BCUT2D eigenvalue weighted by molar-refractivity contribution is 0.0507. The molecule has 0 aliphatic carbocycles. The average Bonchev–Trinajstić information content (AvgIpc) is 2.82. The van der Waals surface area contributed by atoms with E-state index in [1.807, 2.05) is 6.92 Å². The Kier molecular flexibility index (Phi) is 5.19. The van der Waals surface area contributed by atoms with Crippen molar-refractivity contribution in [1.29, 1.82) is 0 Å². The van der Waals surface area contributed by atoms with Gasteiger partial charge in [0, 0.05) is 19.7 Å². The normalized spacial score (nSPS) is 19.1. The molecule has 0 radical (unpaired) electrons. The van der Waals surface area contributed by atoms with E-state index >= 15 is 0 Å². The fraction of sp³-hybridized carbons (Fsp3) is 0.692. The highest BCUT2D eigenvalue weighted by molar-refractivity contribution is 7.11. The Hall–Kier alpha value is -1.34. The summed E-state index contributed by atoms with van der Waals surface area (Å²) in [6.45, 7) is 6.45. The van der Waals surface area contributed by atoms with Crippen molar-refractivity contribution in [2.24, 2.45) is 0 Å². The summed E-state index contributed by atoms with van der Waals surface area (Å²) in [5, 5.41) is 0.797. The number of hydrogen-bond donors (Lipinski definition) is 1. The molecule has 1 aromatic heterocycles. The summed E-state index contributed by atoms with van der Waals surface area (Å²) < 4.78 is 14.8. The molecule has 1 atom stereocenters. The Morgan fingerprint density at radius 1 is 1.50 bits per heavy atom. The number of hydrogen-bond acceptors (Lipinski definition) is 7. The van der Waals surface area contributed by atoms with Crippen molar-refractivity contribution >= 4 is 28.3 Å². The van der Waals surface area contributed by atoms with Crippen molar-refractivity contribution in [2.45, 2.75) is 32.8 Å². The molecule has 0 aromatic carbocycles. The largest absolute Gasteiger partial charge is 0.462 e. The maximum Gasteiger partial charge on any atom is 0.345 e. The topological polar surface area (TPSA) is 77.7 Å². The zero-order valence-corrected chi connectivity index (χ0v) is 12.7. The van der Waals surface area contributed by atoms with Crippen LogP contribution in [0.2, 0.25) is 0 Å². The number of ether oxygens (including phenoxy) is 2. The van der Waals surface area contributed by atoms with Crippen molar-refractivity contribution < 1.29 is 14.3 Å². The van der Waals surface area contributed by atoms with Gasteiger partial charge in [-0.3, -0.25) is 0 Å². The smallest absolute Gasteiger partial charge is 0.345 e.